The lowest BCUT2D eigenvalue weighted by Gasteiger charge is -2.07. The van der Waals surface area contributed by atoms with E-state index in [4.69, 9.17) is 20.8 Å². The lowest BCUT2D eigenvalue weighted by molar-refractivity contribution is 0.361. The van der Waals surface area contributed by atoms with Crippen LogP contribution in [0.25, 0.3) is 11.0 Å². The smallest absolute Gasteiger partial charge is 0.355 e. The molecule has 0 saturated carbocycles. The molecule has 2 aromatic rings. The second-order valence-electron chi connectivity index (χ2n) is 7.76. The van der Waals surface area contributed by atoms with Crippen LogP contribution in [-0.4, -0.2) is 6.61 Å². The summed E-state index contributed by atoms with van der Waals surface area (Å²) in [4.78, 5) is 11.7. The minimum absolute atomic E-state index is 0.131. The van der Waals surface area contributed by atoms with Crippen molar-refractivity contribution < 1.29 is 9.15 Å². The van der Waals surface area contributed by atoms with Crippen LogP contribution in [0.1, 0.15) is 58.9 Å². The van der Waals surface area contributed by atoms with Gasteiger partial charge in [0.25, 0.3) is 0 Å². The SMILES string of the molecule is CC(C)=CCC/C(C)=C/CC/C(C)=C/COc1ccc2c(C)c(Cl)c(=O)oc2c1. The topological polar surface area (TPSA) is 39.4 Å². The number of rotatable bonds is 9. The van der Waals surface area contributed by atoms with Gasteiger partial charge in [-0.05, 0) is 84.1 Å². The lowest BCUT2D eigenvalue weighted by Crippen LogP contribution is -2.02. The van der Waals surface area contributed by atoms with E-state index in [1.54, 1.807) is 6.07 Å². The number of hydrogen-bond acceptors (Lipinski definition) is 3. The molecule has 0 aliphatic rings. The minimum Gasteiger partial charge on any atom is -0.489 e. The Kier molecular flexibility index (Phi) is 8.78. The zero-order chi connectivity index (χ0) is 21.4. The number of fused-ring (bicyclic) bond motifs is 1. The zero-order valence-corrected chi connectivity index (χ0v) is 18.9. The van der Waals surface area contributed by atoms with Crippen LogP contribution in [0.3, 0.4) is 0 Å². The van der Waals surface area contributed by atoms with Gasteiger partial charge in [0, 0.05) is 11.5 Å². The molecule has 0 radical (unpaired) electrons. The van der Waals surface area contributed by atoms with Crippen molar-refractivity contribution in [2.45, 2.75) is 60.3 Å². The van der Waals surface area contributed by atoms with Crippen molar-refractivity contribution >= 4 is 22.6 Å². The van der Waals surface area contributed by atoms with Gasteiger partial charge in [-0.15, -0.1) is 0 Å². The number of benzene rings is 1. The highest BCUT2D eigenvalue weighted by molar-refractivity contribution is 6.31. The first-order valence-corrected chi connectivity index (χ1v) is 10.5. The van der Waals surface area contributed by atoms with Gasteiger partial charge in [0.2, 0.25) is 0 Å². The van der Waals surface area contributed by atoms with Crippen LogP contribution in [0.15, 0.2) is 62.4 Å². The Labute approximate surface area is 178 Å². The molecule has 0 N–H and O–H groups in total. The van der Waals surface area contributed by atoms with Crippen molar-refractivity contribution in [3.63, 3.8) is 0 Å². The largest absolute Gasteiger partial charge is 0.489 e. The van der Waals surface area contributed by atoms with Crippen LogP contribution in [0.4, 0.5) is 0 Å². The molecule has 1 aromatic heterocycles. The van der Waals surface area contributed by atoms with Crippen molar-refractivity contribution in [2.24, 2.45) is 0 Å². The standard InChI is InChI=1S/C25H31ClO3/c1-17(2)8-6-9-18(3)10-7-11-19(4)14-15-28-21-12-13-22-20(5)24(26)25(27)29-23(22)16-21/h8,10,12-14,16H,6-7,9,11,15H2,1-5H3/b18-10+,19-14+. The number of halogens is 1. The van der Waals surface area contributed by atoms with Crippen molar-refractivity contribution in [3.05, 3.63) is 74.2 Å². The number of hydrogen-bond donors (Lipinski definition) is 0. The van der Waals surface area contributed by atoms with Gasteiger partial charge >= 0.3 is 5.63 Å². The third kappa shape index (κ3) is 7.25. The average Bonchev–Trinajstić information content (AvgIpc) is 2.66. The van der Waals surface area contributed by atoms with Crippen LogP contribution in [0, 0.1) is 6.92 Å². The fraction of sp³-hybridized carbons (Fsp3) is 0.400. The van der Waals surface area contributed by atoms with Crippen molar-refractivity contribution in [3.8, 4) is 5.75 Å². The van der Waals surface area contributed by atoms with Crippen LogP contribution in [0.2, 0.25) is 5.02 Å². The molecule has 0 saturated heterocycles. The fourth-order valence-electron chi connectivity index (χ4n) is 3.02. The summed E-state index contributed by atoms with van der Waals surface area (Å²) in [5.74, 6) is 0.668. The van der Waals surface area contributed by atoms with E-state index in [2.05, 4.69) is 45.9 Å². The lowest BCUT2D eigenvalue weighted by atomic mass is 10.1. The van der Waals surface area contributed by atoms with Gasteiger partial charge in [0.15, 0.2) is 0 Å². The van der Waals surface area contributed by atoms with Gasteiger partial charge in [-0.25, -0.2) is 4.79 Å². The van der Waals surface area contributed by atoms with Crippen LogP contribution in [-0.2, 0) is 0 Å². The predicted octanol–water partition coefficient (Wildman–Crippen LogP) is 7.55. The Bertz CT molecular complexity index is 989. The molecule has 156 valence electrons. The van der Waals surface area contributed by atoms with Gasteiger partial charge in [-0.3, -0.25) is 0 Å². The molecule has 0 atom stereocenters. The van der Waals surface area contributed by atoms with E-state index >= 15 is 0 Å². The highest BCUT2D eigenvalue weighted by atomic mass is 35.5. The van der Waals surface area contributed by atoms with Crippen molar-refractivity contribution in [1.29, 1.82) is 0 Å². The van der Waals surface area contributed by atoms with Crippen molar-refractivity contribution in [2.75, 3.05) is 6.61 Å². The molecule has 0 fully saturated rings. The van der Waals surface area contributed by atoms with Crippen LogP contribution >= 0.6 is 11.6 Å². The number of aryl methyl sites for hydroxylation is 1. The first-order valence-electron chi connectivity index (χ1n) is 10.1. The van der Waals surface area contributed by atoms with Gasteiger partial charge in [-0.1, -0.05) is 40.5 Å². The van der Waals surface area contributed by atoms with E-state index in [1.165, 1.54) is 16.7 Å². The third-order valence-electron chi connectivity index (χ3n) is 4.87. The van der Waals surface area contributed by atoms with Gasteiger partial charge in [0.1, 0.15) is 23.0 Å². The first kappa shape index (κ1) is 23.0. The summed E-state index contributed by atoms with van der Waals surface area (Å²) in [5, 5.41) is 0.950. The van der Waals surface area contributed by atoms with Crippen LogP contribution in [0.5, 0.6) is 5.75 Å². The quantitative estimate of drug-likeness (QED) is 0.314. The monoisotopic (exact) mass is 414 g/mol. The Morgan fingerprint density at radius 3 is 2.38 bits per heavy atom. The second kappa shape index (κ2) is 11.1. The molecule has 29 heavy (non-hydrogen) atoms. The van der Waals surface area contributed by atoms with E-state index in [1.807, 2.05) is 19.1 Å². The number of ether oxygens (including phenoxy) is 1. The maximum atomic E-state index is 11.7. The molecule has 4 heteroatoms. The molecule has 2 rings (SSSR count). The summed E-state index contributed by atoms with van der Waals surface area (Å²) in [6, 6.07) is 5.48. The molecule has 0 bridgehead atoms. The van der Waals surface area contributed by atoms with E-state index in [-0.39, 0.29) is 5.02 Å². The minimum atomic E-state index is -0.520. The molecular formula is C25H31ClO3. The predicted molar refractivity (Wildman–Crippen MR) is 123 cm³/mol. The van der Waals surface area contributed by atoms with E-state index in [0.717, 1.165) is 36.6 Å². The Morgan fingerprint density at radius 2 is 1.69 bits per heavy atom. The summed E-state index contributed by atoms with van der Waals surface area (Å²) in [6.45, 7) is 10.9. The number of allylic oxidation sites excluding steroid dienone is 5. The molecular weight excluding hydrogens is 384 g/mol. The highest BCUT2D eigenvalue weighted by Crippen LogP contribution is 2.26. The van der Waals surface area contributed by atoms with E-state index < -0.39 is 5.63 Å². The second-order valence-corrected chi connectivity index (χ2v) is 8.14. The molecule has 0 aliphatic heterocycles. The summed E-state index contributed by atoms with van der Waals surface area (Å²) < 4.78 is 11.1. The summed E-state index contributed by atoms with van der Waals surface area (Å²) in [7, 11) is 0. The zero-order valence-electron chi connectivity index (χ0n) is 18.1. The van der Waals surface area contributed by atoms with E-state index in [0.29, 0.717) is 17.9 Å². The highest BCUT2D eigenvalue weighted by Gasteiger charge is 2.09. The molecule has 0 spiro atoms. The summed E-state index contributed by atoms with van der Waals surface area (Å²) >= 11 is 5.96. The van der Waals surface area contributed by atoms with Crippen molar-refractivity contribution in [1.82, 2.24) is 0 Å². The maximum absolute atomic E-state index is 11.7. The molecule has 3 nitrogen and oxygen atoms in total. The van der Waals surface area contributed by atoms with Crippen LogP contribution < -0.4 is 10.4 Å². The van der Waals surface area contributed by atoms with E-state index in [9.17, 15) is 4.79 Å². The molecule has 0 aliphatic carbocycles. The Balaban J connectivity index is 1.86. The molecule has 1 heterocycles. The first-order chi connectivity index (χ1) is 13.8. The van der Waals surface area contributed by atoms with Gasteiger partial charge in [0.05, 0.1) is 0 Å². The molecule has 0 unspecified atom stereocenters. The Morgan fingerprint density at radius 1 is 1.03 bits per heavy atom. The Hall–Kier alpha value is -2.26. The summed E-state index contributed by atoms with van der Waals surface area (Å²) in [6.07, 6.45) is 11.0. The normalized spacial score (nSPS) is 12.3. The fourth-order valence-corrected chi connectivity index (χ4v) is 3.16. The average molecular weight is 415 g/mol. The third-order valence-corrected chi connectivity index (χ3v) is 5.31. The van der Waals surface area contributed by atoms with Gasteiger partial charge in [-0.2, -0.15) is 0 Å². The molecule has 0 amide bonds. The maximum Gasteiger partial charge on any atom is 0.355 e. The summed E-state index contributed by atoms with van der Waals surface area (Å²) in [5.41, 5.74) is 4.82. The molecule has 1 aromatic carbocycles. The van der Waals surface area contributed by atoms with Gasteiger partial charge < -0.3 is 9.15 Å².